The quantitative estimate of drug-likeness (QED) is 0.849. The highest BCUT2D eigenvalue weighted by atomic mass is 15.1. The van der Waals surface area contributed by atoms with Crippen LogP contribution >= 0.6 is 0 Å². The third-order valence-electron chi connectivity index (χ3n) is 5.99. The van der Waals surface area contributed by atoms with Gasteiger partial charge in [0.2, 0.25) is 0 Å². The largest absolute Gasteiger partial charge is 0.330 e. The second-order valence-corrected chi connectivity index (χ2v) is 8.82. The van der Waals surface area contributed by atoms with Crippen molar-refractivity contribution in [2.45, 2.75) is 66.2 Å². The number of hydrogen-bond acceptors (Lipinski definition) is 2. The van der Waals surface area contributed by atoms with Gasteiger partial charge in [-0.3, -0.25) is 0 Å². The smallest absolute Gasteiger partial charge is 0.00502 e. The van der Waals surface area contributed by atoms with Crippen LogP contribution in [0.3, 0.4) is 0 Å². The number of rotatable bonds is 3. The van der Waals surface area contributed by atoms with E-state index >= 15 is 0 Å². The third-order valence-corrected chi connectivity index (χ3v) is 5.99. The Morgan fingerprint density at radius 2 is 1.80 bits per heavy atom. The van der Waals surface area contributed by atoms with Gasteiger partial charge < -0.3 is 10.6 Å². The maximum Gasteiger partial charge on any atom is 0.00502 e. The van der Waals surface area contributed by atoms with E-state index in [9.17, 15) is 0 Å². The van der Waals surface area contributed by atoms with Gasteiger partial charge in [0.15, 0.2) is 0 Å². The minimum atomic E-state index is 0.423. The second kappa shape index (κ2) is 6.36. The van der Waals surface area contributed by atoms with E-state index in [-0.39, 0.29) is 0 Å². The van der Waals surface area contributed by atoms with Gasteiger partial charge in [-0.05, 0) is 68.0 Å². The molecule has 2 heteroatoms. The second-order valence-electron chi connectivity index (χ2n) is 8.82. The highest BCUT2D eigenvalue weighted by Gasteiger charge is 2.37. The van der Waals surface area contributed by atoms with E-state index in [1.54, 1.807) is 0 Å². The summed E-state index contributed by atoms with van der Waals surface area (Å²) >= 11 is 0. The van der Waals surface area contributed by atoms with Crippen molar-refractivity contribution in [1.29, 1.82) is 0 Å². The SMILES string of the molecule is CC1CCCC(CN)(CN2CCC(C(C)(C)C)CC2)C1. The number of nitrogens with two attached hydrogens (primary N) is 1. The average molecular weight is 281 g/mol. The zero-order valence-electron chi connectivity index (χ0n) is 14.3. The molecule has 2 atom stereocenters. The summed E-state index contributed by atoms with van der Waals surface area (Å²) in [5, 5.41) is 0. The fourth-order valence-corrected chi connectivity index (χ4v) is 4.59. The molecule has 20 heavy (non-hydrogen) atoms. The van der Waals surface area contributed by atoms with Crippen molar-refractivity contribution in [2.24, 2.45) is 28.4 Å². The van der Waals surface area contributed by atoms with Crippen molar-refractivity contribution < 1.29 is 0 Å². The van der Waals surface area contributed by atoms with E-state index in [0.29, 0.717) is 10.8 Å². The zero-order chi connectivity index (χ0) is 14.8. The summed E-state index contributed by atoms with van der Waals surface area (Å²) in [6, 6.07) is 0. The van der Waals surface area contributed by atoms with Crippen LogP contribution in [0.15, 0.2) is 0 Å². The van der Waals surface area contributed by atoms with Crippen molar-refractivity contribution in [2.75, 3.05) is 26.2 Å². The molecule has 2 fully saturated rings. The average Bonchev–Trinajstić information content (AvgIpc) is 2.38. The van der Waals surface area contributed by atoms with Gasteiger partial charge in [-0.2, -0.15) is 0 Å². The lowest BCUT2D eigenvalue weighted by atomic mass is 9.69. The predicted molar refractivity (Wildman–Crippen MR) is 87.7 cm³/mol. The van der Waals surface area contributed by atoms with Crippen LogP contribution in [0.2, 0.25) is 0 Å². The molecule has 2 aliphatic rings. The maximum atomic E-state index is 6.19. The van der Waals surface area contributed by atoms with Crippen molar-refractivity contribution in [1.82, 2.24) is 4.90 Å². The molecule has 118 valence electrons. The summed E-state index contributed by atoms with van der Waals surface area (Å²) in [6.45, 7) is 14.3. The van der Waals surface area contributed by atoms with Gasteiger partial charge in [0.25, 0.3) is 0 Å². The topological polar surface area (TPSA) is 29.3 Å². The molecule has 0 aromatic heterocycles. The molecule has 1 saturated carbocycles. The van der Waals surface area contributed by atoms with Gasteiger partial charge in [0.05, 0.1) is 0 Å². The molecule has 0 bridgehead atoms. The van der Waals surface area contributed by atoms with Crippen LogP contribution in [-0.4, -0.2) is 31.1 Å². The van der Waals surface area contributed by atoms with Crippen LogP contribution < -0.4 is 5.73 Å². The summed E-state index contributed by atoms with van der Waals surface area (Å²) in [5.41, 5.74) is 7.09. The first-order valence-corrected chi connectivity index (χ1v) is 8.77. The lowest BCUT2D eigenvalue weighted by Crippen LogP contribution is -2.48. The molecular formula is C18H36N2. The molecule has 1 heterocycles. The molecule has 0 aromatic carbocycles. The van der Waals surface area contributed by atoms with Crippen LogP contribution in [0.5, 0.6) is 0 Å². The van der Waals surface area contributed by atoms with Crippen LogP contribution in [0.4, 0.5) is 0 Å². The predicted octanol–water partition coefficient (Wildman–Crippen LogP) is 3.90. The van der Waals surface area contributed by atoms with E-state index in [1.165, 1.54) is 58.2 Å². The lowest BCUT2D eigenvalue weighted by molar-refractivity contribution is 0.0489. The van der Waals surface area contributed by atoms with Crippen LogP contribution in [0.1, 0.15) is 66.2 Å². The standard InChI is InChI=1S/C18H36N2/c1-15-6-5-9-18(12-15,13-19)14-20-10-7-16(8-11-20)17(2,3)4/h15-16H,5-14,19H2,1-4H3. The molecule has 1 aliphatic carbocycles. The Morgan fingerprint density at radius 1 is 1.15 bits per heavy atom. The fourth-order valence-electron chi connectivity index (χ4n) is 4.59. The molecule has 2 rings (SSSR count). The number of likely N-dealkylation sites (tertiary alicyclic amines) is 1. The first kappa shape index (κ1) is 16.3. The molecule has 2 N–H and O–H groups in total. The van der Waals surface area contributed by atoms with Gasteiger partial charge in [0.1, 0.15) is 0 Å². The highest BCUT2D eigenvalue weighted by molar-refractivity contribution is 4.90. The van der Waals surface area contributed by atoms with Crippen LogP contribution in [-0.2, 0) is 0 Å². The van der Waals surface area contributed by atoms with Crippen LogP contribution in [0.25, 0.3) is 0 Å². The Bertz CT molecular complexity index is 299. The van der Waals surface area contributed by atoms with Crippen molar-refractivity contribution in [3.63, 3.8) is 0 Å². The van der Waals surface area contributed by atoms with Gasteiger partial charge >= 0.3 is 0 Å². The first-order valence-electron chi connectivity index (χ1n) is 8.77. The third kappa shape index (κ3) is 3.98. The number of hydrogen-bond donors (Lipinski definition) is 1. The Hall–Kier alpha value is -0.0800. The molecule has 1 saturated heterocycles. The zero-order valence-corrected chi connectivity index (χ0v) is 14.3. The van der Waals surface area contributed by atoms with Crippen molar-refractivity contribution in [3.8, 4) is 0 Å². The normalized spacial score (nSPS) is 34.4. The maximum absolute atomic E-state index is 6.19. The molecular weight excluding hydrogens is 244 g/mol. The molecule has 2 unspecified atom stereocenters. The molecule has 0 radical (unpaired) electrons. The molecule has 0 amide bonds. The fraction of sp³-hybridized carbons (Fsp3) is 1.00. The van der Waals surface area contributed by atoms with Gasteiger partial charge in [-0.15, -0.1) is 0 Å². The summed E-state index contributed by atoms with van der Waals surface area (Å²) in [5.74, 6) is 1.78. The lowest BCUT2D eigenvalue weighted by Gasteiger charge is -2.45. The van der Waals surface area contributed by atoms with E-state index in [4.69, 9.17) is 5.73 Å². The number of nitrogens with zero attached hydrogens (tertiary/aromatic N) is 1. The Kier molecular flexibility index (Phi) is 5.18. The number of piperidine rings is 1. The minimum absolute atomic E-state index is 0.423. The van der Waals surface area contributed by atoms with Crippen LogP contribution in [0, 0.1) is 22.7 Å². The van der Waals surface area contributed by atoms with E-state index in [2.05, 4.69) is 32.6 Å². The van der Waals surface area contributed by atoms with E-state index < -0.39 is 0 Å². The van der Waals surface area contributed by atoms with Crippen molar-refractivity contribution >= 4 is 0 Å². The monoisotopic (exact) mass is 280 g/mol. The first-order chi connectivity index (χ1) is 9.35. The molecule has 0 aromatic rings. The highest BCUT2D eigenvalue weighted by Crippen LogP contribution is 2.41. The Morgan fingerprint density at radius 3 is 2.30 bits per heavy atom. The van der Waals surface area contributed by atoms with Gasteiger partial charge in [-0.1, -0.05) is 40.5 Å². The van der Waals surface area contributed by atoms with Crippen molar-refractivity contribution in [3.05, 3.63) is 0 Å². The van der Waals surface area contributed by atoms with E-state index in [0.717, 1.165) is 18.4 Å². The molecule has 1 aliphatic heterocycles. The minimum Gasteiger partial charge on any atom is -0.330 e. The van der Waals surface area contributed by atoms with E-state index in [1.807, 2.05) is 0 Å². The summed E-state index contributed by atoms with van der Waals surface area (Å²) in [7, 11) is 0. The Labute approximate surface area is 126 Å². The molecule has 2 nitrogen and oxygen atoms in total. The Balaban J connectivity index is 1.87. The van der Waals surface area contributed by atoms with Gasteiger partial charge in [-0.25, -0.2) is 0 Å². The molecule has 0 spiro atoms. The summed E-state index contributed by atoms with van der Waals surface area (Å²) in [4.78, 5) is 2.72. The summed E-state index contributed by atoms with van der Waals surface area (Å²) < 4.78 is 0. The van der Waals surface area contributed by atoms with Gasteiger partial charge in [0, 0.05) is 6.54 Å². The summed E-state index contributed by atoms with van der Waals surface area (Å²) in [6.07, 6.45) is 8.25.